The van der Waals surface area contributed by atoms with Gasteiger partial charge in [-0.2, -0.15) is 0 Å². The third kappa shape index (κ3) is 12.5. The van der Waals surface area contributed by atoms with E-state index in [0.717, 1.165) is 44.6 Å². The van der Waals surface area contributed by atoms with Crippen LogP contribution >= 0.6 is 11.9 Å². The van der Waals surface area contributed by atoms with Gasteiger partial charge in [-0.05, 0) is 83.4 Å². The summed E-state index contributed by atoms with van der Waals surface area (Å²) in [5.41, 5.74) is 3.34. The van der Waals surface area contributed by atoms with Crippen LogP contribution in [0.5, 0.6) is 0 Å². The Morgan fingerprint density at radius 3 is 2.47 bits per heavy atom. The molecule has 1 aliphatic carbocycles. The molecule has 6 nitrogen and oxygen atoms in total. The van der Waals surface area contributed by atoms with E-state index in [9.17, 15) is 0 Å². The molecule has 2 aromatic rings. The maximum atomic E-state index is 5.94. The second-order valence-corrected chi connectivity index (χ2v) is 15.1. The van der Waals surface area contributed by atoms with Gasteiger partial charge in [0.05, 0.1) is 37.1 Å². The maximum Gasteiger partial charge on any atom is 0.0924 e. The van der Waals surface area contributed by atoms with Crippen LogP contribution in [0.3, 0.4) is 0 Å². The molecule has 0 saturated carbocycles. The van der Waals surface area contributed by atoms with E-state index in [1.165, 1.54) is 80.8 Å². The van der Waals surface area contributed by atoms with Gasteiger partial charge >= 0.3 is 0 Å². The van der Waals surface area contributed by atoms with E-state index >= 15 is 0 Å². The molecule has 3 unspecified atom stereocenters. The molecule has 9 heteroatoms. The summed E-state index contributed by atoms with van der Waals surface area (Å²) in [4.78, 5) is 2.41. The first-order valence-corrected chi connectivity index (χ1v) is 19.3. The highest BCUT2D eigenvalue weighted by Crippen LogP contribution is 2.30. The molecule has 0 spiro atoms. The average molecular weight is 657 g/mol. The second kappa shape index (κ2) is 21.3. The minimum atomic E-state index is 0.136. The predicted molar refractivity (Wildman–Crippen MR) is 207 cm³/mol. The van der Waals surface area contributed by atoms with E-state index in [1.54, 1.807) is 7.17 Å². The fourth-order valence-electron chi connectivity index (χ4n) is 6.94. The Bertz CT molecular complexity index is 1270. The quantitative estimate of drug-likeness (QED) is 0.0524. The highest BCUT2D eigenvalue weighted by molar-refractivity contribution is 7.97. The number of benzene rings is 1. The number of unbranched alkanes of at least 4 members (excludes halogenated alkanes) is 9. The minimum Gasteiger partial charge on any atom is -0.382 e. The van der Waals surface area contributed by atoms with Gasteiger partial charge in [-0.3, -0.25) is 9.62 Å². The van der Waals surface area contributed by atoms with Crippen LogP contribution in [0.1, 0.15) is 96.1 Å². The Morgan fingerprint density at radius 2 is 1.77 bits per heavy atom. The van der Waals surface area contributed by atoms with Gasteiger partial charge in [0.25, 0.3) is 0 Å². The monoisotopic (exact) mass is 656 g/mol. The summed E-state index contributed by atoms with van der Waals surface area (Å²) in [6, 6.07) is 9.37. The maximum absolute atomic E-state index is 5.94. The molecule has 1 saturated heterocycles. The van der Waals surface area contributed by atoms with Crippen molar-refractivity contribution in [3.05, 3.63) is 42.1 Å². The number of hydrogen-bond donors (Lipinski definition) is 2. The lowest BCUT2D eigenvalue weighted by atomic mass is 9.56. The van der Waals surface area contributed by atoms with Crippen molar-refractivity contribution in [2.75, 3.05) is 52.7 Å². The Balaban J connectivity index is 1.23. The molecule has 2 N–H and O–H groups in total. The summed E-state index contributed by atoms with van der Waals surface area (Å²) in [6.45, 7) is 6.30. The van der Waals surface area contributed by atoms with Gasteiger partial charge < -0.3 is 19.5 Å². The van der Waals surface area contributed by atoms with Crippen LogP contribution in [-0.2, 0) is 11.2 Å². The van der Waals surface area contributed by atoms with Crippen LogP contribution in [0.2, 0.25) is 0 Å². The molecule has 2 heterocycles. The summed E-state index contributed by atoms with van der Waals surface area (Å²) in [5, 5.41) is 9.10. The molecule has 3 radical (unpaired) electrons. The Morgan fingerprint density at radius 1 is 1.04 bits per heavy atom. The lowest BCUT2D eigenvalue weighted by Crippen LogP contribution is -2.43. The Labute approximate surface area is 293 Å². The number of anilines is 1. The number of methoxy groups -OCH3 is 1. The summed E-state index contributed by atoms with van der Waals surface area (Å²) >= 11 is 1.95. The number of piperidine rings is 1. The van der Waals surface area contributed by atoms with E-state index in [4.69, 9.17) is 12.5 Å². The first-order chi connectivity index (χ1) is 23.0. The number of likely N-dealkylation sites (tertiary alicyclic amines) is 1. The summed E-state index contributed by atoms with van der Waals surface area (Å²) < 4.78 is 10.6. The average Bonchev–Trinajstić information content (AvgIpc) is 3.43. The molecule has 255 valence electrons. The first kappa shape index (κ1) is 38.0. The molecule has 1 aliphatic heterocycles. The van der Waals surface area contributed by atoms with Crippen molar-refractivity contribution < 1.29 is 4.74 Å². The molecule has 1 fully saturated rings. The van der Waals surface area contributed by atoms with Gasteiger partial charge in [-0.25, -0.2) is 0 Å². The fourth-order valence-corrected chi connectivity index (χ4v) is 8.07. The van der Waals surface area contributed by atoms with Crippen molar-refractivity contribution in [2.45, 2.75) is 120 Å². The molecular weight excluding hydrogens is 596 g/mol. The van der Waals surface area contributed by atoms with Gasteiger partial charge in [-0.1, -0.05) is 101 Å². The smallest absolute Gasteiger partial charge is 0.0924 e. The molecule has 1 aromatic heterocycles. The number of ether oxygens (including phenoxy) is 1. The molecule has 2 aliphatic rings. The van der Waals surface area contributed by atoms with E-state index < -0.39 is 0 Å². The van der Waals surface area contributed by atoms with Gasteiger partial charge in [-0.15, -0.1) is 0 Å². The number of hydrogen-bond acceptors (Lipinski definition) is 6. The molecule has 1 aromatic carbocycles. The number of nitrogens with one attached hydrogen (secondary N) is 2. The molecule has 4 rings (SSSR count). The van der Waals surface area contributed by atoms with E-state index in [-0.39, 0.29) is 12.1 Å². The highest BCUT2D eigenvalue weighted by atomic mass is 32.2. The zero-order valence-electron chi connectivity index (χ0n) is 29.8. The van der Waals surface area contributed by atoms with Crippen molar-refractivity contribution >= 4 is 43.4 Å². The normalized spacial score (nSPS) is 20.5. The standard InChI is InChI=1S/C38H60B2N5OS/c1-5-6-7-8-9-10-11-12-13-14-25-44(3)47-33-20-21-36(38(29-33)46-4)41-24-16-17-32-28-34-35(42-31-22-26-43(2)27-23-31)18-15-19-37(34)45(32)30-40-39/h15,18-21,28,31,33,36,38,41-42H,5-14,22-27,29-30H2,1-4H3. The molecular formula is C38H60B2N5OS. The van der Waals surface area contributed by atoms with Crippen LogP contribution in [-0.4, -0.2) is 99.5 Å². The van der Waals surface area contributed by atoms with E-state index in [2.05, 4.69) is 93.7 Å². The lowest BCUT2D eigenvalue weighted by molar-refractivity contribution is 0.0742. The lowest BCUT2D eigenvalue weighted by Gasteiger charge is -2.32. The number of aromatic nitrogens is 1. The van der Waals surface area contributed by atoms with Crippen LogP contribution < -0.4 is 10.6 Å². The van der Waals surface area contributed by atoms with Gasteiger partial charge in [0, 0.05) is 43.8 Å². The zero-order chi connectivity index (χ0) is 33.3. The van der Waals surface area contributed by atoms with Crippen molar-refractivity contribution in [2.24, 2.45) is 0 Å². The van der Waals surface area contributed by atoms with E-state index in [0.29, 0.717) is 24.3 Å². The Hall–Kier alpha value is -1.82. The predicted octanol–water partition coefficient (Wildman–Crippen LogP) is 7.05. The summed E-state index contributed by atoms with van der Waals surface area (Å²) in [6.07, 6.45) is 22.5. The SMILES string of the molecule is [B][B]Cn1c(C#CCNC2C=CC(SN(C)CCCCCCCCCCCC)CC2OC)cc2c(NC3CCN(C)CC3)cccc21. The fraction of sp³-hybridized carbons (Fsp3) is 0.684. The summed E-state index contributed by atoms with van der Waals surface area (Å²) in [5.74, 6) is 6.83. The van der Waals surface area contributed by atoms with Crippen molar-refractivity contribution in [3.63, 3.8) is 0 Å². The third-order valence-corrected chi connectivity index (χ3v) is 11.0. The minimum absolute atomic E-state index is 0.136. The van der Waals surface area contributed by atoms with Crippen molar-refractivity contribution in [1.29, 1.82) is 0 Å². The molecule has 47 heavy (non-hydrogen) atoms. The number of rotatable bonds is 20. The Kier molecular flexibility index (Phi) is 17.2. The van der Waals surface area contributed by atoms with Crippen molar-refractivity contribution in [3.8, 4) is 11.8 Å². The third-order valence-electron chi connectivity index (χ3n) is 9.80. The number of nitrogens with zero attached hydrogens (tertiary/aromatic N) is 3. The van der Waals surface area contributed by atoms with Gasteiger partial charge in [0.2, 0.25) is 0 Å². The van der Waals surface area contributed by atoms with Crippen molar-refractivity contribution in [1.82, 2.24) is 19.1 Å². The van der Waals surface area contributed by atoms with Gasteiger partial charge in [0.15, 0.2) is 0 Å². The van der Waals surface area contributed by atoms with Crippen LogP contribution in [0.4, 0.5) is 5.69 Å². The molecule has 0 bridgehead atoms. The van der Waals surface area contributed by atoms with Gasteiger partial charge in [0.1, 0.15) is 0 Å². The van der Waals surface area contributed by atoms with Crippen LogP contribution in [0.15, 0.2) is 36.4 Å². The topological polar surface area (TPSA) is 44.7 Å². The zero-order valence-corrected chi connectivity index (χ0v) is 30.6. The molecule has 0 amide bonds. The number of fused-ring (bicyclic) bond motifs is 1. The largest absolute Gasteiger partial charge is 0.382 e. The van der Waals surface area contributed by atoms with E-state index in [1.807, 2.05) is 19.1 Å². The van der Waals surface area contributed by atoms with Crippen LogP contribution in [0, 0.1) is 11.8 Å². The molecule has 3 atom stereocenters. The first-order valence-electron chi connectivity index (χ1n) is 18.4. The second-order valence-electron chi connectivity index (χ2n) is 13.6. The summed E-state index contributed by atoms with van der Waals surface area (Å²) in [7, 11) is 13.9. The highest BCUT2D eigenvalue weighted by Gasteiger charge is 2.27. The van der Waals surface area contributed by atoms with Crippen LogP contribution in [0.25, 0.3) is 10.9 Å².